The molecule has 1 unspecified atom stereocenters. The standard InChI is InChI=1S/C29H38O5/c1-15-19-7-8-23(33-29(15)25(32)16(2)26(3,4)34-29)24-18-14-22(31)21-13-17(30)9-11-27(21,5)20(18)10-12-28(19,24)6/h10,13-16,19,23-25,32H,7-9,11-12H2,1-6H3/t15-,16-,19+,23-,24?,25+,27+,28+,29-/m0/s1. The molecule has 7 rings (SSSR count). The lowest BCUT2D eigenvalue weighted by atomic mass is 9.48. The predicted molar refractivity (Wildman–Crippen MR) is 128 cm³/mol. The first-order chi connectivity index (χ1) is 15.8. The maximum Gasteiger partial charge on any atom is 0.198 e. The highest BCUT2D eigenvalue weighted by Crippen LogP contribution is 2.67. The molecule has 0 aromatic heterocycles. The fourth-order valence-electron chi connectivity index (χ4n) is 8.71. The van der Waals surface area contributed by atoms with Crippen LogP contribution < -0.4 is 0 Å². The summed E-state index contributed by atoms with van der Waals surface area (Å²) in [4.78, 5) is 25.5. The lowest BCUT2D eigenvalue weighted by Crippen LogP contribution is -2.52. The first-order valence-corrected chi connectivity index (χ1v) is 13.1. The summed E-state index contributed by atoms with van der Waals surface area (Å²) < 4.78 is 13.6. The molecule has 0 amide bonds. The summed E-state index contributed by atoms with van der Waals surface area (Å²) in [5.41, 5.74) is 2.00. The summed E-state index contributed by atoms with van der Waals surface area (Å²) in [5, 5.41) is 11.5. The molecule has 9 atom stereocenters. The highest BCUT2D eigenvalue weighted by Gasteiger charge is 2.69. The molecule has 3 heterocycles. The largest absolute Gasteiger partial charge is 0.387 e. The van der Waals surface area contributed by atoms with Crippen LogP contribution >= 0.6 is 0 Å². The number of hydrogen-bond acceptors (Lipinski definition) is 5. The number of carbonyl (C=O) groups is 2. The molecule has 184 valence electrons. The molecule has 0 radical (unpaired) electrons. The van der Waals surface area contributed by atoms with E-state index >= 15 is 0 Å². The molecule has 4 aliphatic carbocycles. The normalized spacial score (nSPS) is 51.2. The van der Waals surface area contributed by atoms with Gasteiger partial charge in [0.1, 0.15) is 6.10 Å². The second kappa shape index (κ2) is 6.80. The van der Waals surface area contributed by atoms with E-state index in [0.717, 1.165) is 24.8 Å². The van der Waals surface area contributed by atoms with E-state index in [9.17, 15) is 14.7 Å². The van der Waals surface area contributed by atoms with Crippen molar-refractivity contribution in [3.05, 3.63) is 34.9 Å². The van der Waals surface area contributed by atoms with Crippen molar-refractivity contribution in [2.75, 3.05) is 0 Å². The van der Waals surface area contributed by atoms with Crippen LogP contribution in [0.4, 0.5) is 0 Å². The number of hydrogen-bond donors (Lipinski definition) is 1. The fourth-order valence-corrected chi connectivity index (χ4v) is 8.71. The number of fused-ring (bicyclic) bond motifs is 4. The van der Waals surface area contributed by atoms with E-state index in [0.29, 0.717) is 24.3 Å². The van der Waals surface area contributed by atoms with Crippen LogP contribution in [0.5, 0.6) is 0 Å². The molecule has 34 heavy (non-hydrogen) atoms. The number of allylic oxidation sites excluding steroid dienone is 5. The van der Waals surface area contributed by atoms with E-state index < -0.39 is 22.9 Å². The summed E-state index contributed by atoms with van der Waals surface area (Å²) in [6, 6.07) is 0. The van der Waals surface area contributed by atoms with E-state index in [4.69, 9.17) is 9.47 Å². The van der Waals surface area contributed by atoms with Crippen molar-refractivity contribution in [2.24, 2.45) is 34.5 Å². The van der Waals surface area contributed by atoms with E-state index in [2.05, 4.69) is 33.8 Å². The van der Waals surface area contributed by atoms with Gasteiger partial charge in [0.2, 0.25) is 0 Å². The van der Waals surface area contributed by atoms with Crippen LogP contribution in [-0.4, -0.2) is 40.3 Å². The quantitative estimate of drug-likeness (QED) is 0.561. The molecule has 5 nitrogen and oxygen atoms in total. The Bertz CT molecular complexity index is 1080. The van der Waals surface area contributed by atoms with Gasteiger partial charge in [-0.1, -0.05) is 33.8 Å². The molecule has 2 bridgehead atoms. The molecule has 5 heteroatoms. The molecular formula is C29H38O5. The molecule has 3 aliphatic heterocycles. The van der Waals surface area contributed by atoms with Crippen LogP contribution in [0.15, 0.2) is 34.9 Å². The van der Waals surface area contributed by atoms with Gasteiger partial charge in [0.25, 0.3) is 0 Å². The van der Waals surface area contributed by atoms with Crippen molar-refractivity contribution < 1.29 is 24.2 Å². The molecule has 1 saturated carbocycles. The minimum atomic E-state index is -1.03. The van der Waals surface area contributed by atoms with Gasteiger partial charge in [-0.15, -0.1) is 0 Å². The van der Waals surface area contributed by atoms with Crippen molar-refractivity contribution >= 4 is 11.6 Å². The van der Waals surface area contributed by atoms with E-state index in [1.54, 1.807) is 12.2 Å². The van der Waals surface area contributed by atoms with Crippen molar-refractivity contribution in [3.63, 3.8) is 0 Å². The average Bonchev–Trinajstić information content (AvgIpc) is 2.85. The molecule has 3 saturated heterocycles. The van der Waals surface area contributed by atoms with E-state index in [1.807, 2.05) is 13.8 Å². The second-order valence-electron chi connectivity index (χ2n) is 12.9. The van der Waals surface area contributed by atoms with Crippen molar-refractivity contribution in [3.8, 4) is 0 Å². The van der Waals surface area contributed by atoms with Crippen molar-refractivity contribution in [2.45, 2.75) is 97.2 Å². The Balaban J connectivity index is 1.49. The molecule has 0 aromatic rings. The Morgan fingerprint density at radius 1 is 1.00 bits per heavy atom. The summed E-state index contributed by atoms with van der Waals surface area (Å²) in [5.74, 6) is -0.641. The summed E-state index contributed by atoms with van der Waals surface area (Å²) in [6.45, 7) is 12.9. The minimum absolute atomic E-state index is 0.0262. The van der Waals surface area contributed by atoms with Crippen LogP contribution in [-0.2, 0) is 19.1 Å². The zero-order chi connectivity index (χ0) is 24.4. The molecule has 1 spiro atoms. The van der Waals surface area contributed by atoms with Crippen LogP contribution in [0.1, 0.15) is 73.6 Å². The number of rotatable bonds is 0. The smallest absolute Gasteiger partial charge is 0.198 e. The zero-order valence-corrected chi connectivity index (χ0v) is 21.3. The summed E-state index contributed by atoms with van der Waals surface area (Å²) >= 11 is 0. The lowest BCUT2D eigenvalue weighted by Gasteiger charge is -2.55. The van der Waals surface area contributed by atoms with Crippen molar-refractivity contribution in [1.82, 2.24) is 0 Å². The third kappa shape index (κ3) is 2.62. The Morgan fingerprint density at radius 2 is 1.74 bits per heavy atom. The SMILES string of the molecule is C[C@H]1[C@@H](O)[C@@]2(O[C@H]3CC[C@H]([C@@H]2C)[C@@]2(C)CC=C4C(=CC(=O)C5=CC(=O)CC[C@@]54C)C32)OC1(C)C. The Kier molecular flexibility index (Phi) is 4.58. The van der Waals surface area contributed by atoms with Crippen LogP contribution in [0.2, 0.25) is 0 Å². The number of ether oxygens (including phenoxy) is 2. The Labute approximate surface area is 202 Å². The van der Waals surface area contributed by atoms with Gasteiger partial charge in [0.05, 0.1) is 11.7 Å². The topological polar surface area (TPSA) is 72.8 Å². The average molecular weight is 467 g/mol. The van der Waals surface area contributed by atoms with Gasteiger partial charge in [0, 0.05) is 35.2 Å². The van der Waals surface area contributed by atoms with Crippen LogP contribution in [0, 0.1) is 34.5 Å². The molecule has 4 fully saturated rings. The number of aliphatic hydroxyl groups excluding tert-OH is 1. The van der Waals surface area contributed by atoms with Gasteiger partial charge >= 0.3 is 0 Å². The molecule has 0 aromatic carbocycles. The van der Waals surface area contributed by atoms with Crippen LogP contribution in [0.25, 0.3) is 0 Å². The predicted octanol–water partition coefficient (Wildman–Crippen LogP) is 4.69. The van der Waals surface area contributed by atoms with Crippen LogP contribution in [0.3, 0.4) is 0 Å². The number of aliphatic hydroxyl groups is 1. The minimum Gasteiger partial charge on any atom is -0.387 e. The highest BCUT2D eigenvalue weighted by molar-refractivity contribution is 6.13. The highest BCUT2D eigenvalue weighted by atomic mass is 16.7. The monoisotopic (exact) mass is 466 g/mol. The van der Waals surface area contributed by atoms with Gasteiger partial charge < -0.3 is 14.6 Å². The zero-order valence-electron chi connectivity index (χ0n) is 21.3. The third-order valence-electron chi connectivity index (χ3n) is 11.0. The van der Waals surface area contributed by atoms with E-state index in [1.165, 1.54) is 5.57 Å². The van der Waals surface area contributed by atoms with Gasteiger partial charge in [-0.3, -0.25) is 9.59 Å². The Hall–Kier alpha value is -1.56. The third-order valence-corrected chi connectivity index (χ3v) is 11.0. The first-order valence-electron chi connectivity index (χ1n) is 13.1. The van der Waals surface area contributed by atoms with Gasteiger partial charge in [0.15, 0.2) is 17.4 Å². The first kappa shape index (κ1) is 22.9. The number of ketones is 2. The van der Waals surface area contributed by atoms with E-state index in [-0.39, 0.29) is 40.8 Å². The maximum atomic E-state index is 13.4. The molecular weight excluding hydrogens is 428 g/mol. The summed E-state index contributed by atoms with van der Waals surface area (Å²) in [6.07, 6.45) is 8.94. The lowest BCUT2D eigenvalue weighted by molar-refractivity contribution is -0.308. The van der Waals surface area contributed by atoms with Gasteiger partial charge in [-0.05, 0) is 74.2 Å². The maximum absolute atomic E-state index is 13.4. The molecule has 1 N–H and O–H groups in total. The van der Waals surface area contributed by atoms with Gasteiger partial charge in [-0.25, -0.2) is 0 Å². The second-order valence-corrected chi connectivity index (χ2v) is 12.9. The number of carbonyl (C=O) groups excluding carboxylic acids is 2. The Morgan fingerprint density at radius 3 is 2.41 bits per heavy atom. The van der Waals surface area contributed by atoms with Crippen molar-refractivity contribution in [1.29, 1.82) is 0 Å². The fraction of sp³-hybridized carbons (Fsp3) is 0.724. The summed E-state index contributed by atoms with van der Waals surface area (Å²) in [7, 11) is 0. The molecule has 7 aliphatic rings. The van der Waals surface area contributed by atoms with Gasteiger partial charge in [-0.2, -0.15) is 0 Å².